The van der Waals surface area contributed by atoms with E-state index in [1.165, 1.54) is 7.11 Å². The number of aromatic nitrogens is 1. The number of carbonyl (C=O) groups excluding carboxylic acids is 1. The summed E-state index contributed by atoms with van der Waals surface area (Å²) in [5, 5.41) is 3.06. The Morgan fingerprint density at radius 1 is 1.62 bits per heavy atom. The van der Waals surface area contributed by atoms with Gasteiger partial charge in [-0.25, -0.2) is 0 Å². The maximum Gasteiger partial charge on any atom is 0.323 e. The Morgan fingerprint density at radius 2 is 2.50 bits per heavy atom. The molecule has 0 amide bonds. The fraction of sp³-hybridized carbons (Fsp3) is 0.455. The number of methoxy groups -OCH3 is 1. The minimum Gasteiger partial charge on any atom is -0.487 e. The van der Waals surface area contributed by atoms with E-state index >= 15 is 0 Å². The van der Waals surface area contributed by atoms with E-state index in [1.807, 2.05) is 12.1 Å². The van der Waals surface area contributed by atoms with E-state index in [4.69, 9.17) is 4.74 Å². The first-order valence-corrected chi connectivity index (χ1v) is 5.17. The summed E-state index contributed by atoms with van der Waals surface area (Å²) in [5.74, 6) is 0.483. The highest BCUT2D eigenvalue weighted by molar-refractivity contribution is 5.76. The number of rotatable bonds is 3. The Bertz CT molecular complexity index is 356. The first-order valence-electron chi connectivity index (χ1n) is 5.17. The van der Waals surface area contributed by atoms with Gasteiger partial charge in [0, 0.05) is 19.2 Å². The minimum atomic E-state index is -0.258. The third-order valence-corrected chi connectivity index (χ3v) is 2.51. The molecule has 2 atom stereocenters. The number of nitrogens with one attached hydrogen (secondary N) is 1. The molecule has 0 unspecified atom stereocenters. The van der Waals surface area contributed by atoms with Crippen LogP contribution in [0.3, 0.4) is 0 Å². The van der Waals surface area contributed by atoms with Crippen molar-refractivity contribution in [2.24, 2.45) is 0 Å². The normalized spacial score (nSPS) is 24.1. The molecule has 0 aliphatic carbocycles. The predicted molar refractivity (Wildman–Crippen MR) is 57.1 cm³/mol. The van der Waals surface area contributed by atoms with Gasteiger partial charge in [0.1, 0.15) is 17.9 Å². The van der Waals surface area contributed by atoms with Gasteiger partial charge in [-0.1, -0.05) is 0 Å². The number of carbonyl (C=O) groups is 1. The quantitative estimate of drug-likeness (QED) is 0.748. The molecular formula is C11H14N2O3. The van der Waals surface area contributed by atoms with Crippen LogP contribution in [-0.2, 0) is 9.53 Å². The molecule has 16 heavy (non-hydrogen) atoms. The standard InChI is InChI=1S/C11H14N2O3/c1-15-11(14)10-5-9(7-13-10)16-8-3-2-4-12-6-8/h2-4,6,9-10,13H,5,7H2,1H3/t9-,10+/m0/s1. The highest BCUT2D eigenvalue weighted by Gasteiger charge is 2.31. The van der Waals surface area contributed by atoms with Crippen LogP contribution in [0.2, 0.25) is 0 Å². The zero-order valence-electron chi connectivity index (χ0n) is 9.05. The first-order chi connectivity index (χ1) is 7.79. The molecule has 0 aromatic carbocycles. The van der Waals surface area contributed by atoms with Crippen molar-refractivity contribution in [3.63, 3.8) is 0 Å². The lowest BCUT2D eigenvalue weighted by molar-refractivity contribution is -0.142. The molecule has 1 fully saturated rings. The lowest BCUT2D eigenvalue weighted by Gasteiger charge is -2.11. The molecule has 1 aliphatic rings. The molecule has 1 aromatic heterocycles. The minimum absolute atomic E-state index is 0.00620. The van der Waals surface area contributed by atoms with Crippen molar-refractivity contribution in [3.05, 3.63) is 24.5 Å². The van der Waals surface area contributed by atoms with Gasteiger partial charge in [-0.05, 0) is 12.1 Å². The third-order valence-electron chi connectivity index (χ3n) is 2.51. The molecule has 1 aliphatic heterocycles. The summed E-state index contributed by atoms with van der Waals surface area (Å²) in [6, 6.07) is 3.40. The summed E-state index contributed by atoms with van der Waals surface area (Å²) >= 11 is 0. The molecular weight excluding hydrogens is 208 g/mol. The van der Waals surface area contributed by atoms with Crippen LogP contribution in [-0.4, -0.2) is 36.8 Å². The molecule has 86 valence electrons. The number of ether oxygens (including phenoxy) is 2. The van der Waals surface area contributed by atoms with Gasteiger partial charge >= 0.3 is 5.97 Å². The number of pyridine rings is 1. The van der Waals surface area contributed by atoms with Crippen LogP contribution in [0.15, 0.2) is 24.5 Å². The molecule has 5 nitrogen and oxygen atoms in total. The molecule has 2 heterocycles. The topological polar surface area (TPSA) is 60.5 Å². The maximum atomic E-state index is 11.3. The van der Waals surface area contributed by atoms with Crippen LogP contribution in [0.5, 0.6) is 5.75 Å². The van der Waals surface area contributed by atoms with E-state index in [-0.39, 0.29) is 18.1 Å². The van der Waals surface area contributed by atoms with E-state index in [2.05, 4.69) is 15.0 Å². The van der Waals surface area contributed by atoms with Crippen LogP contribution in [0.1, 0.15) is 6.42 Å². The number of hydrogen-bond acceptors (Lipinski definition) is 5. The van der Waals surface area contributed by atoms with Gasteiger partial charge in [0.15, 0.2) is 0 Å². The lowest BCUT2D eigenvalue weighted by Crippen LogP contribution is -2.31. The highest BCUT2D eigenvalue weighted by atomic mass is 16.5. The van der Waals surface area contributed by atoms with Crippen LogP contribution in [0, 0.1) is 0 Å². The van der Waals surface area contributed by atoms with Gasteiger partial charge in [-0.3, -0.25) is 9.78 Å². The fourth-order valence-corrected chi connectivity index (χ4v) is 1.72. The summed E-state index contributed by atoms with van der Waals surface area (Å²) in [7, 11) is 1.39. The van der Waals surface area contributed by atoms with E-state index in [0.717, 1.165) is 5.75 Å². The largest absolute Gasteiger partial charge is 0.487 e. The van der Waals surface area contributed by atoms with Crippen molar-refractivity contribution >= 4 is 5.97 Å². The fourth-order valence-electron chi connectivity index (χ4n) is 1.72. The average Bonchev–Trinajstić information content (AvgIpc) is 2.78. The zero-order valence-corrected chi connectivity index (χ0v) is 9.05. The molecule has 0 bridgehead atoms. The average molecular weight is 222 g/mol. The van der Waals surface area contributed by atoms with Crippen molar-refractivity contribution in [1.29, 1.82) is 0 Å². The third kappa shape index (κ3) is 2.49. The smallest absolute Gasteiger partial charge is 0.323 e. The van der Waals surface area contributed by atoms with Crippen LogP contribution in [0.25, 0.3) is 0 Å². The zero-order chi connectivity index (χ0) is 11.4. The van der Waals surface area contributed by atoms with Gasteiger partial charge < -0.3 is 14.8 Å². The predicted octanol–water partition coefficient (Wildman–Crippen LogP) is 0.364. The van der Waals surface area contributed by atoms with Gasteiger partial charge in [0.2, 0.25) is 0 Å². The molecule has 1 aromatic rings. The summed E-state index contributed by atoms with van der Waals surface area (Å²) in [6.07, 6.45) is 3.97. The monoisotopic (exact) mass is 222 g/mol. The van der Waals surface area contributed by atoms with Crippen molar-refractivity contribution in [1.82, 2.24) is 10.3 Å². The molecule has 1 N–H and O–H groups in total. The van der Waals surface area contributed by atoms with E-state index in [0.29, 0.717) is 13.0 Å². The second kappa shape index (κ2) is 4.94. The summed E-state index contributed by atoms with van der Waals surface area (Å²) in [6.45, 7) is 0.647. The first kappa shape index (κ1) is 10.9. The van der Waals surface area contributed by atoms with Crippen molar-refractivity contribution in [2.75, 3.05) is 13.7 Å². The molecule has 0 saturated carbocycles. The Hall–Kier alpha value is -1.62. The van der Waals surface area contributed by atoms with Crippen molar-refractivity contribution < 1.29 is 14.3 Å². The lowest BCUT2D eigenvalue weighted by atomic mass is 10.2. The van der Waals surface area contributed by atoms with E-state index < -0.39 is 0 Å². The summed E-state index contributed by atoms with van der Waals surface area (Å²) in [4.78, 5) is 15.2. The van der Waals surface area contributed by atoms with Crippen LogP contribution >= 0.6 is 0 Å². The van der Waals surface area contributed by atoms with Gasteiger partial charge in [0.25, 0.3) is 0 Å². The van der Waals surface area contributed by atoms with Crippen molar-refractivity contribution in [2.45, 2.75) is 18.6 Å². The second-order valence-corrected chi connectivity index (χ2v) is 3.65. The van der Waals surface area contributed by atoms with Crippen molar-refractivity contribution in [3.8, 4) is 5.75 Å². The molecule has 0 spiro atoms. The number of hydrogen-bond donors (Lipinski definition) is 1. The summed E-state index contributed by atoms with van der Waals surface area (Å²) in [5.41, 5.74) is 0. The highest BCUT2D eigenvalue weighted by Crippen LogP contribution is 2.16. The maximum absolute atomic E-state index is 11.3. The van der Waals surface area contributed by atoms with E-state index in [1.54, 1.807) is 12.4 Å². The number of esters is 1. The summed E-state index contributed by atoms with van der Waals surface area (Å²) < 4.78 is 10.3. The van der Waals surface area contributed by atoms with E-state index in [9.17, 15) is 4.79 Å². The SMILES string of the molecule is COC(=O)[C@H]1C[C@H](Oc2cccnc2)CN1. The Labute approximate surface area is 93.8 Å². The van der Waals surface area contributed by atoms with Gasteiger partial charge in [-0.2, -0.15) is 0 Å². The molecule has 0 radical (unpaired) electrons. The Morgan fingerprint density at radius 3 is 3.19 bits per heavy atom. The molecule has 5 heteroatoms. The van der Waals surface area contributed by atoms with Crippen LogP contribution < -0.4 is 10.1 Å². The van der Waals surface area contributed by atoms with Gasteiger partial charge in [-0.15, -0.1) is 0 Å². The Balaban J connectivity index is 1.88. The molecule has 2 rings (SSSR count). The Kier molecular flexibility index (Phi) is 3.36. The van der Waals surface area contributed by atoms with Crippen LogP contribution in [0.4, 0.5) is 0 Å². The number of nitrogens with zero attached hydrogens (tertiary/aromatic N) is 1. The van der Waals surface area contributed by atoms with Gasteiger partial charge in [0.05, 0.1) is 13.3 Å². The second-order valence-electron chi connectivity index (χ2n) is 3.65. The molecule has 1 saturated heterocycles.